The Morgan fingerprint density at radius 3 is 0.667 bits per heavy atom. The molecule has 0 spiro atoms. The molecule has 0 N–H and O–H groups in total. The minimum atomic E-state index is -6.62. The van der Waals surface area contributed by atoms with Gasteiger partial charge < -0.3 is 0 Å². The van der Waals surface area contributed by atoms with E-state index in [0.29, 0.717) is 0 Å². The Morgan fingerprint density at radius 1 is 0.500 bits per heavy atom. The smallest absolute Gasteiger partial charge is 0.186 e. The molecular weight excluding hydrogens is 211 g/mol. The Hall–Kier alpha value is 0.440. The Balaban J connectivity index is 0. The van der Waals surface area contributed by atoms with Gasteiger partial charge in [0.2, 0.25) is 0 Å². The second-order valence-corrected chi connectivity index (χ2v) is 1.57. The molecule has 68 valence electrons. The maximum absolute atomic E-state index is 11.2. The van der Waals surface area contributed by atoms with Gasteiger partial charge in [-0.1, -0.05) is 0 Å². The maximum Gasteiger partial charge on any atom is 1.00 e. The SMILES string of the molecule is FC(F)(F)C(F)(F)C(F)(F)F.[Na+]. The molecule has 9 heteroatoms. The molecule has 0 aromatic carbocycles. The van der Waals surface area contributed by atoms with Crippen molar-refractivity contribution in [2.45, 2.75) is 18.3 Å². The fourth-order valence-corrected chi connectivity index (χ4v) is 0.161. The van der Waals surface area contributed by atoms with Crippen molar-refractivity contribution < 1.29 is 64.7 Å². The van der Waals surface area contributed by atoms with Gasteiger partial charge in [-0.2, -0.15) is 35.1 Å². The van der Waals surface area contributed by atoms with Crippen molar-refractivity contribution in [3.05, 3.63) is 0 Å². The molecule has 0 fully saturated rings. The first-order valence-electron chi connectivity index (χ1n) is 2.01. The summed E-state index contributed by atoms with van der Waals surface area (Å²) >= 11 is 0. The van der Waals surface area contributed by atoms with Crippen LogP contribution < -0.4 is 29.6 Å². The summed E-state index contributed by atoms with van der Waals surface area (Å²) in [6.07, 6.45) is -13.2. The molecule has 0 unspecified atom stereocenters. The maximum atomic E-state index is 11.2. The summed E-state index contributed by atoms with van der Waals surface area (Å²) in [5.41, 5.74) is 0. The first-order valence-corrected chi connectivity index (χ1v) is 2.01. The van der Waals surface area contributed by atoms with Crippen LogP contribution in [0, 0.1) is 0 Å². The second kappa shape index (κ2) is 3.67. The number of hydrogen-bond acceptors (Lipinski definition) is 0. The van der Waals surface area contributed by atoms with E-state index in [9.17, 15) is 35.1 Å². The van der Waals surface area contributed by atoms with Crippen molar-refractivity contribution in [3.63, 3.8) is 0 Å². The monoisotopic (exact) mass is 211 g/mol. The van der Waals surface area contributed by atoms with Gasteiger partial charge in [-0.25, -0.2) is 0 Å². The largest absolute Gasteiger partial charge is 1.00 e. The van der Waals surface area contributed by atoms with Crippen molar-refractivity contribution in [1.29, 1.82) is 0 Å². The Bertz CT molecular complexity index is 125. The first-order chi connectivity index (χ1) is 4.50. The molecule has 0 aliphatic carbocycles. The van der Waals surface area contributed by atoms with Gasteiger partial charge in [-0.05, 0) is 0 Å². The summed E-state index contributed by atoms with van der Waals surface area (Å²) in [4.78, 5) is 0. The zero-order chi connectivity index (χ0) is 9.50. The fourth-order valence-electron chi connectivity index (χ4n) is 0.161. The van der Waals surface area contributed by atoms with Crippen molar-refractivity contribution in [2.24, 2.45) is 0 Å². The Labute approximate surface area is 83.2 Å². The van der Waals surface area contributed by atoms with E-state index in [1.165, 1.54) is 0 Å². The standard InChI is InChI=1S/C3F8.Na/c4-1(5,2(6,7)8)3(9,10)11;/q;+1. The molecule has 0 nitrogen and oxygen atoms in total. The molecule has 0 radical (unpaired) electrons. The molecule has 0 aromatic rings. The van der Waals surface area contributed by atoms with Gasteiger partial charge >= 0.3 is 47.8 Å². The molecular formula is C3F8Na+. The summed E-state index contributed by atoms with van der Waals surface area (Å²) in [5.74, 6) is -6.62. The molecule has 0 amide bonds. The molecule has 0 rings (SSSR count). The van der Waals surface area contributed by atoms with Crippen LogP contribution in [-0.4, -0.2) is 18.3 Å². The minimum Gasteiger partial charge on any atom is -0.186 e. The average molecular weight is 211 g/mol. The summed E-state index contributed by atoms with van der Waals surface area (Å²) in [6, 6.07) is 0. The van der Waals surface area contributed by atoms with Crippen molar-refractivity contribution in [1.82, 2.24) is 0 Å². The predicted molar refractivity (Wildman–Crippen MR) is 17.1 cm³/mol. The molecule has 0 aliphatic heterocycles. The molecule has 0 heterocycles. The van der Waals surface area contributed by atoms with Crippen molar-refractivity contribution in [3.8, 4) is 0 Å². The van der Waals surface area contributed by atoms with Gasteiger partial charge in [-0.3, -0.25) is 0 Å². The van der Waals surface area contributed by atoms with E-state index in [1.807, 2.05) is 0 Å². The molecule has 12 heavy (non-hydrogen) atoms. The quantitative estimate of drug-likeness (QED) is 0.383. The first kappa shape index (κ1) is 14.9. The summed E-state index contributed by atoms with van der Waals surface area (Å²) < 4.78 is 87.5. The van der Waals surface area contributed by atoms with Gasteiger partial charge in [0.15, 0.2) is 0 Å². The van der Waals surface area contributed by atoms with Gasteiger partial charge in [0.25, 0.3) is 0 Å². The minimum absolute atomic E-state index is 0. The van der Waals surface area contributed by atoms with Crippen molar-refractivity contribution in [2.75, 3.05) is 0 Å². The second-order valence-electron chi connectivity index (χ2n) is 1.57. The summed E-state index contributed by atoms with van der Waals surface area (Å²) in [5, 5.41) is 0. The van der Waals surface area contributed by atoms with Crippen LogP contribution in [0.4, 0.5) is 35.1 Å². The summed E-state index contributed by atoms with van der Waals surface area (Å²) in [6.45, 7) is 0. The molecule has 0 aliphatic rings. The van der Waals surface area contributed by atoms with E-state index in [-0.39, 0.29) is 29.6 Å². The van der Waals surface area contributed by atoms with Crippen LogP contribution in [0.15, 0.2) is 0 Å². The number of alkyl halides is 8. The van der Waals surface area contributed by atoms with E-state index in [4.69, 9.17) is 0 Å². The van der Waals surface area contributed by atoms with Crippen molar-refractivity contribution >= 4 is 0 Å². The Kier molecular flexibility index (Phi) is 4.56. The molecule has 0 atom stereocenters. The molecule has 0 saturated carbocycles. The van der Waals surface area contributed by atoms with E-state index in [0.717, 1.165) is 0 Å². The third-order valence-electron chi connectivity index (χ3n) is 0.712. The van der Waals surface area contributed by atoms with Crippen LogP contribution in [0.25, 0.3) is 0 Å². The Morgan fingerprint density at radius 2 is 0.667 bits per heavy atom. The number of hydrogen-bond donors (Lipinski definition) is 0. The molecule has 0 aromatic heterocycles. The topological polar surface area (TPSA) is 0 Å². The zero-order valence-electron chi connectivity index (χ0n) is 5.52. The van der Waals surface area contributed by atoms with E-state index < -0.39 is 18.3 Å². The van der Waals surface area contributed by atoms with Crippen LogP contribution in [0.5, 0.6) is 0 Å². The predicted octanol–water partition coefficient (Wildman–Crippen LogP) is -0.250. The summed E-state index contributed by atoms with van der Waals surface area (Å²) in [7, 11) is 0. The van der Waals surface area contributed by atoms with E-state index in [2.05, 4.69) is 0 Å². The number of halogens is 8. The molecule has 0 saturated heterocycles. The fraction of sp³-hybridized carbons (Fsp3) is 1.00. The van der Waals surface area contributed by atoms with Crippen LogP contribution in [0.1, 0.15) is 0 Å². The van der Waals surface area contributed by atoms with Gasteiger partial charge in [0, 0.05) is 0 Å². The van der Waals surface area contributed by atoms with Gasteiger partial charge in [0.1, 0.15) is 0 Å². The number of rotatable bonds is 0. The van der Waals surface area contributed by atoms with Crippen LogP contribution >= 0.6 is 0 Å². The van der Waals surface area contributed by atoms with E-state index >= 15 is 0 Å². The van der Waals surface area contributed by atoms with Gasteiger partial charge in [0.05, 0.1) is 0 Å². The van der Waals surface area contributed by atoms with Crippen LogP contribution in [0.3, 0.4) is 0 Å². The van der Waals surface area contributed by atoms with Crippen LogP contribution in [-0.2, 0) is 0 Å². The molecule has 0 bridgehead atoms. The normalized spacial score (nSPS) is 14.0. The third-order valence-corrected chi connectivity index (χ3v) is 0.712. The van der Waals surface area contributed by atoms with E-state index in [1.54, 1.807) is 0 Å². The third kappa shape index (κ3) is 2.74. The average Bonchev–Trinajstić information content (AvgIpc) is 1.58. The zero-order valence-corrected chi connectivity index (χ0v) is 7.52. The van der Waals surface area contributed by atoms with Crippen LogP contribution in [0.2, 0.25) is 0 Å². The van der Waals surface area contributed by atoms with Gasteiger partial charge in [-0.15, -0.1) is 0 Å².